The lowest BCUT2D eigenvalue weighted by Gasteiger charge is -2.11. The molecule has 2 rings (SSSR count). The van der Waals surface area contributed by atoms with Crippen molar-refractivity contribution in [2.45, 2.75) is 13.8 Å². The molecule has 0 aromatic heterocycles. The number of hydrogen-bond donors (Lipinski definition) is 1. The Morgan fingerprint density at radius 1 is 1.29 bits per heavy atom. The predicted octanol–water partition coefficient (Wildman–Crippen LogP) is 4.74. The molecular weight excluding hydrogens is 354 g/mol. The van der Waals surface area contributed by atoms with E-state index < -0.39 is 0 Å². The number of hydrogen-bond acceptors (Lipinski definition) is 2. The highest BCUT2D eigenvalue weighted by atomic mass is 79.9. The predicted molar refractivity (Wildman–Crippen MR) is 89.2 cm³/mol. The molecule has 2 aromatic rings. The van der Waals surface area contributed by atoms with Crippen molar-refractivity contribution in [1.82, 2.24) is 0 Å². The summed E-state index contributed by atoms with van der Waals surface area (Å²) in [7, 11) is 0. The van der Waals surface area contributed by atoms with E-state index in [1.165, 1.54) is 0 Å². The highest BCUT2D eigenvalue weighted by Gasteiger charge is 2.09. The molecule has 0 unspecified atom stereocenters. The van der Waals surface area contributed by atoms with Gasteiger partial charge in [0.2, 0.25) is 0 Å². The summed E-state index contributed by atoms with van der Waals surface area (Å²) < 4.78 is 6.33. The first-order chi connectivity index (χ1) is 9.97. The summed E-state index contributed by atoms with van der Waals surface area (Å²) in [6.45, 7) is 3.78. The lowest BCUT2D eigenvalue weighted by atomic mass is 10.2. The molecule has 0 saturated heterocycles. The smallest absolute Gasteiger partial charge is 0.262 e. The van der Waals surface area contributed by atoms with Crippen molar-refractivity contribution < 1.29 is 9.53 Å². The van der Waals surface area contributed by atoms with Gasteiger partial charge in [-0.05, 0) is 65.2 Å². The summed E-state index contributed by atoms with van der Waals surface area (Å²) in [4.78, 5) is 11.9. The van der Waals surface area contributed by atoms with E-state index in [1.54, 1.807) is 18.2 Å². The van der Waals surface area contributed by atoms with Crippen LogP contribution in [0.2, 0.25) is 5.02 Å². The highest BCUT2D eigenvalue weighted by Crippen LogP contribution is 2.26. The molecule has 0 aliphatic heterocycles. The van der Waals surface area contributed by atoms with Gasteiger partial charge in [0.15, 0.2) is 6.61 Å². The Morgan fingerprint density at radius 3 is 2.76 bits per heavy atom. The third kappa shape index (κ3) is 4.22. The second-order valence-electron chi connectivity index (χ2n) is 4.68. The van der Waals surface area contributed by atoms with Crippen LogP contribution in [0, 0.1) is 13.8 Å². The zero-order valence-corrected chi connectivity index (χ0v) is 14.1. The number of rotatable bonds is 4. The maximum atomic E-state index is 11.9. The van der Waals surface area contributed by atoms with Crippen LogP contribution in [0.5, 0.6) is 5.75 Å². The Bertz CT molecular complexity index is 673. The van der Waals surface area contributed by atoms with Gasteiger partial charge in [-0.1, -0.05) is 23.7 Å². The Hall–Kier alpha value is -1.52. The Morgan fingerprint density at radius 2 is 2.05 bits per heavy atom. The van der Waals surface area contributed by atoms with Crippen molar-refractivity contribution in [3.05, 3.63) is 57.0 Å². The van der Waals surface area contributed by atoms with Crippen LogP contribution < -0.4 is 10.1 Å². The Kier molecular flexibility index (Phi) is 5.26. The van der Waals surface area contributed by atoms with Crippen molar-refractivity contribution in [3.8, 4) is 5.75 Å². The van der Waals surface area contributed by atoms with Crippen LogP contribution in [0.1, 0.15) is 11.1 Å². The molecule has 1 N–H and O–H groups in total. The maximum Gasteiger partial charge on any atom is 0.262 e. The summed E-state index contributed by atoms with van der Waals surface area (Å²) in [6, 6.07) is 11.1. The van der Waals surface area contributed by atoms with E-state index in [9.17, 15) is 4.79 Å². The molecule has 1 amide bonds. The second-order valence-corrected chi connectivity index (χ2v) is 5.94. The van der Waals surface area contributed by atoms with E-state index in [0.717, 1.165) is 15.6 Å². The molecule has 110 valence electrons. The fraction of sp³-hybridized carbons (Fsp3) is 0.188. The van der Waals surface area contributed by atoms with Crippen molar-refractivity contribution in [3.63, 3.8) is 0 Å². The second kappa shape index (κ2) is 6.96. The van der Waals surface area contributed by atoms with Crippen LogP contribution >= 0.6 is 27.5 Å². The standard InChI is InChI=1S/C16H15BrClNO2/c1-10-6-7-15(12(17)8-10)21-9-16(20)19-14-5-3-4-13(18)11(14)2/h3-8H,9H2,1-2H3,(H,19,20). The topological polar surface area (TPSA) is 38.3 Å². The van der Waals surface area contributed by atoms with E-state index in [1.807, 2.05) is 32.0 Å². The van der Waals surface area contributed by atoms with Gasteiger partial charge in [-0.2, -0.15) is 0 Å². The first-order valence-corrected chi connectivity index (χ1v) is 7.58. The molecule has 0 atom stereocenters. The number of nitrogens with one attached hydrogen (secondary N) is 1. The molecule has 0 saturated carbocycles. The first-order valence-electron chi connectivity index (χ1n) is 6.41. The van der Waals surface area contributed by atoms with E-state index in [2.05, 4.69) is 21.2 Å². The Labute approximate surface area is 137 Å². The van der Waals surface area contributed by atoms with Crippen LogP contribution in [-0.2, 0) is 4.79 Å². The number of aryl methyl sites for hydroxylation is 1. The molecule has 0 aliphatic carbocycles. The normalized spacial score (nSPS) is 10.3. The number of anilines is 1. The molecule has 0 radical (unpaired) electrons. The zero-order chi connectivity index (χ0) is 15.4. The number of benzene rings is 2. The van der Waals surface area contributed by atoms with Gasteiger partial charge in [0.05, 0.1) is 4.47 Å². The van der Waals surface area contributed by atoms with E-state index >= 15 is 0 Å². The van der Waals surface area contributed by atoms with Gasteiger partial charge in [-0.15, -0.1) is 0 Å². The van der Waals surface area contributed by atoms with Crippen molar-refractivity contribution in [2.24, 2.45) is 0 Å². The summed E-state index contributed by atoms with van der Waals surface area (Å²) in [6.07, 6.45) is 0. The summed E-state index contributed by atoms with van der Waals surface area (Å²) in [5, 5.41) is 3.41. The van der Waals surface area contributed by atoms with Crippen molar-refractivity contribution in [1.29, 1.82) is 0 Å². The van der Waals surface area contributed by atoms with Gasteiger partial charge in [0.1, 0.15) is 5.75 Å². The van der Waals surface area contributed by atoms with Crippen LogP contribution in [0.3, 0.4) is 0 Å². The Balaban J connectivity index is 1.97. The van der Waals surface area contributed by atoms with Gasteiger partial charge in [0.25, 0.3) is 5.91 Å². The number of carbonyl (C=O) groups is 1. The number of ether oxygens (including phenoxy) is 1. The average molecular weight is 369 g/mol. The van der Waals surface area contributed by atoms with Crippen LogP contribution in [-0.4, -0.2) is 12.5 Å². The maximum absolute atomic E-state index is 11.9. The molecule has 0 bridgehead atoms. The summed E-state index contributed by atoms with van der Waals surface area (Å²) in [5.41, 5.74) is 2.65. The first kappa shape index (κ1) is 15.9. The minimum Gasteiger partial charge on any atom is -0.483 e. The van der Waals surface area contributed by atoms with Gasteiger partial charge in [-0.25, -0.2) is 0 Å². The minimum atomic E-state index is -0.229. The van der Waals surface area contributed by atoms with Crippen LogP contribution in [0.4, 0.5) is 5.69 Å². The third-order valence-corrected chi connectivity index (χ3v) is 4.02. The molecule has 21 heavy (non-hydrogen) atoms. The zero-order valence-electron chi connectivity index (χ0n) is 11.7. The van der Waals surface area contributed by atoms with Crippen molar-refractivity contribution in [2.75, 3.05) is 11.9 Å². The average Bonchev–Trinajstić information content (AvgIpc) is 2.43. The largest absolute Gasteiger partial charge is 0.483 e. The number of amides is 1. The molecule has 0 aliphatic rings. The lowest BCUT2D eigenvalue weighted by molar-refractivity contribution is -0.118. The summed E-state index contributed by atoms with van der Waals surface area (Å²) in [5.74, 6) is 0.409. The fourth-order valence-electron chi connectivity index (χ4n) is 1.80. The molecule has 0 spiro atoms. The summed E-state index contributed by atoms with van der Waals surface area (Å²) >= 11 is 9.43. The molecule has 0 fully saturated rings. The van der Waals surface area contributed by atoms with Gasteiger partial charge < -0.3 is 10.1 Å². The monoisotopic (exact) mass is 367 g/mol. The third-order valence-electron chi connectivity index (χ3n) is 2.99. The SMILES string of the molecule is Cc1ccc(OCC(=O)Nc2cccc(Cl)c2C)c(Br)c1. The molecule has 5 heteroatoms. The van der Waals surface area contributed by atoms with E-state index in [0.29, 0.717) is 16.5 Å². The van der Waals surface area contributed by atoms with Gasteiger partial charge in [-0.3, -0.25) is 4.79 Å². The quantitative estimate of drug-likeness (QED) is 0.846. The van der Waals surface area contributed by atoms with Crippen LogP contribution in [0.15, 0.2) is 40.9 Å². The minimum absolute atomic E-state index is 0.0619. The lowest BCUT2D eigenvalue weighted by Crippen LogP contribution is -2.20. The van der Waals surface area contributed by atoms with Gasteiger partial charge in [0, 0.05) is 10.7 Å². The molecule has 0 heterocycles. The van der Waals surface area contributed by atoms with E-state index in [4.69, 9.17) is 16.3 Å². The number of halogens is 2. The molecular formula is C16H15BrClNO2. The fourth-order valence-corrected chi connectivity index (χ4v) is 2.58. The molecule has 3 nitrogen and oxygen atoms in total. The number of carbonyl (C=O) groups excluding carboxylic acids is 1. The van der Waals surface area contributed by atoms with Crippen LogP contribution in [0.25, 0.3) is 0 Å². The highest BCUT2D eigenvalue weighted by molar-refractivity contribution is 9.10. The van der Waals surface area contributed by atoms with Gasteiger partial charge >= 0.3 is 0 Å². The molecule has 2 aromatic carbocycles. The van der Waals surface area contributed by atoms with Crippen molar-refractivity contribution >= 4 is 39.1 Å². The van der Waals surface area contributed by atoms with E-state index in [-0.39, 0.29) is 12.5 Å².